The number of carbonyl (C=O) groups excluding carboxylic acids is 2. The van der Waals surface area contributed by atoms with Gasteiger partial charge in [-0.1, -0.05) is 25.5 Å². The van der Waals surface area contributed by atoms with Gasteiger partial charge in [-0.2, -0.15) is 30.7 Å². The van der Waals surface area contributed by atoms with Gasteiger partial charge in [0.15, 0.2) is 5.82 Å². The van der Waals surface area contributed by atoms with E-state index in [0.29, 0.717) is 12.1 Å². The quantitative estimate of drug-likeness (QED) is 0.104. The van der Waals surface area contributed by atoms with Crippen molar-refractivity contribution in [3.63, 3.8) is 0 Å². The molecule has 0 atom stereocenters. The fourth-order valence-corrected chi connectivity index (χ4v) is 4.94. The summed E-state index contributed by atoms with van der Waals surface area (Å²) < 4.78 is 124. The summed E-state index contributed by atoms with van der Waals surface area (Å²) in [4.78, 5) is 30.5. The van der Waals surface area contributed by atoms with Crippen molar-refractivity contribution in [1.29, 1.82) is 0 Å². The summed E-state index contributed by atoms with van der Waals surface area (Å²) in [7, 11) is 0. The molecule has 0 aliphatic heterocycles. The highest BCUT2D eigenvalue weighted by molar-refractivity contribution is 14.1. The molecule has 3 aromatic rings. The summed E-state index contributed by atoms with van der Waals surface area (Å²) in [6.07, 6.45) is -10.5. The minimum atomic E-state index is -6.34. The van der Waals surface area contributed by atoms with Crippen LogP contribution in [0.2, 0.25) is 0 Å². The van der Waals surface area contributed by atoms with Crippen molar-refractivity contribution in [3.8, 4) is 0 Å². The van der Waals surface area contributed by atoms with Crippen LogP contribution in [-0.4, -0.2) is 35.7 Å². The summed E-state index contributed by atoms with van der Waals surface area (Å²) in [6, 6.07) is 6.13. The molecule has 2 aromatic carbocycles. The highest BCUT2D eigenvalue weighted by atomic mass is 127. The lowest BCUT2D eigenvalue weighted by atomic mass is 9.91. The van der Waals surface area contributed by atoms with E-state index in [1.807, 2.05) is 0 Å². The van der Waals surface area contributed by atoms with Crippen LogP contribution in [0.3, 0.4) is 0 Å². The topological polar surface area (TPSA) is 62.3 Å². The van der Waals surface area contributed by atoms with Gasteiger partial charge in [-0.05, 0) is 71.0 Å². The van der Waals surface area contributed by atoms with E-state index in [-0.39, 0.29) is 39.8 Å². The van der Waals surface area contributed by atoms with Crippen molar-refractivity contribution < 1.29 is 49.1 Å². The Labute approximate surface area is 252 Å². The number of aromatic nitrogens is 1. The SMILES string of the molecule is C=CCN(C(=O)c1ccc(F)nc1)c1cccc(C(=O)Nc2c(I)cc(C(F)(C(F)(F)F)C(F)(F)F)cc2CCC)c1F. The molecule has 5 nitrogen and oxygen atoms in total. The second-order valence-corrected chi connectivity index (χ2v) is 10.2. The average Bonchev–Trinajstić information content (AvgIpc) is 2.92. The third-order valence-electron chi connectivity index (χ3n) is 6.15. The first-order chi connectivity index (χ1) is 20.0. The summed E-state index contributed by atoms with van der Waals surface area (Å²) >= 11 is 1.35. The number of hydrogen-bond acceptors (Lipinski definition) is 3. The van der Waals surface area contributed by atoms with E-state index in [4.69, 9.17) is 0 Å². The summed E-state index contributed by atoms with van der Waals surface area (Å²) in [5, 5.41) is 2.30. The van der Waals surface area contributed by atoms with E-state index in [1.54, 1.807) is 6.92 Å². The van der Waals surface area contributed by atoms with Gasteiger partial charge in [-0.25, -0.2) is 13.8 Å². The van der Waals surface area contributed by atoms with Crippen molar-refractivity contribution in [2.24, 2.45) is 0 Å². The number of benzene rings is 2. The van der Waals surface area contributed by atoms with Gasteiger partial charge in [0.05, 0.1) is 22.5 Å². The van der Waals surface area contributed by atoms with Crippen molar-refractivity contribution in [1.82, 2.24) is 4.98 Å². The number of carbonyl (C=O) groups is 2. The zero-order valence-corrected chi connectivity index (χ0v) is 24.2. The number of hydrogen-bond donors (Lipinski definition) is 1. The standard InChI is InChI=1S/C28H21F9IN3O2/c1-3-6-15-12-17(26(31,27(32,33)34)28(35,36)37)13-19(38)23(15)40-24(42)18-7-5-8-20(22(18)30)41(11-4-2)25(43)16-9-10-21(29)39-14-16/h4-5,7-10,12-14H,2-3,6,11H2,1H3,(H,40,42). The molecule has 0 saturated heterocycles. The Morgan fingerprint density at radius 1 is 1.02 bits per heavy atom. The van der Waals surface area contributed by atoms with Crippen LogP contribution in [0, 0.1) is 15.3 Å². The molecule has 0 fully saturated rings. The molecule has 230 valence electrons. The second-order valence-electron chi connectivity index (χ2n) is 9.06. The fraction of sp³-hybridized carbons (Fsp3) is 0.250. The van der Waals surface area contributed by atoms with Gasteiger partial charge in [0.2, 0.25) is 5.95 Å². The van der Waals surface area contributed by atoms with Crippen LogP contribution in [0.4, 0.5) is 50.9 Å². The molecule has 15 heteroatoms. The summed E-state index contributed by atoms with van der Waals surface area (Å²) in [5.74, 6) is -4.04. The first kappa shape index (κ1) is 33.9. The van der Waals surface area contributed by atoms with Crippen LogP contribution in [0.5, 0.6) is 0 Å². The molecule has 0 unspecified atom stereocenters. The Bertz CT molecular complexity index is 1510. The summed E-state index contributed by atoms with van der Waals surface area (Å²) in [6.45, 7) is 4.81. The van der Waals surface area contributed by atoms with Crippen LogP contribution >= 0.6 is 22.6 Å². The lowest BCUT2D eigenvalue weighted by Gasteiger charge is -2.31. The highest BCUT2D eigenvalue weighted by Gasteiger charge is 2.73. The van der Waals surface area contributed by atoms with E-state index in [1.165, 1.54) is 40.8 Å². The molecular weight excluding hydrogens is 708 g/mol. The van der Waals surface area contributed by atoms with E-state index in [2.05, 4.69) is 16.9 Å². The van der Waals surface area contributed by atoms with Gasteiger partial charge in [0.1, 0.15) is 0 Å². The maximum Gasteiger partial charge on any atom is 0.435 e. The molecule has 1 N–H and O–H groups in total. The lowest BCUT2D eigenvalue weighted by Crippen LogP contribution is -2.50. The number of anilines is 2. The van der Waals surface area contributed by atoms with Gasteiger partial charge < -0.3 is 10.2 Å². The molecule has 0 radical (unpaired) electrons. The summed E-state index contributed by atoms with van der Waals surface area (Å²) in [5.41, 5.74) is -9.05. The highest BCUT2D eigenvalue weighted by Crippen LogP contribution is 2.54. The predicted molar refractivity (Wildman–Crippen MR) is 148 cm³/mol. The third kappa shape index (κ3) is 6.80. The van der Waals surface area contributed by atoms with Gasteiger partial charge in [-0.3, -0.25) is 9.59 Å². The van der Waals surface area contributed by atoms with Gasteiger partial charge in [0.25, 0.3) is 11.8 Å². The van der Waals surface area contributed by atoms with Crippen LogP contribution in [-0.2, 0) is 12.1 Å². The number of nitrogens with one attached hydrogen (secondary N) is 1. The van der Waals surface area contributed by atoms with Crippen LogP contribution < -0.4 is 10.2 Å². The van der Waals surface area contributed by atoms with Crippen molar-refractivity contribution in [3.05, 3.63) is 98.9 Å². The molecule has 0 bridgehead atoms. The number of pyridine rings is 1. The minimum absolute atomic E-state index is 0.113. The molecule has 0 aliphatic carbocycles. The van der Waals surface area contributed by atoms with Crippen molar-refractivity contribution >= 4 is 45.8 Å². The Balaban J connectivity index is 2.06. The normalized spacial score (nSPS) is 12.2. The Morgan fingerprint density at radius 3 is 2.21 bits per heavy atom. The average molecular weight is 729 g/mol. The number of halogens is 10. The van der Waals surface area contributed by atoms with E-state index < -0.39 is 58.4 Å². The zero-order valence-electron chi connectivity index (χ0n) is 22.0. The van der Waals surface area contributed by atoms with E-state index in [0.717, 1.165) is 29.3 Å². The number of aryl methyl sites for hydroxylation is 1. The zero-order chi connectivity index (χ0) is 32.3. The number of nitrogens with zero attached hydrogens (tertiary/aromatic N) is 2. The van der Waals surface area contributed by atoms with Crippen LogP contribution in [0.15, 0.2) is 61.3 Å². The molecule has 43 heavy (non-hydrogen) atoms. The molecule has 0 aliphatic rings. The minimum Gasteiger partial charge on any atom is -0.321 e. The van der Waals surface area contributed by atoms with Crippen molar-refractivity contribution in [2.75, 3.05) is 16.8 Å². The second kappa shape index (κ2) is 12.9. The van der Waals surface area contributed by atoms with E-state index in [9.17, 15) is 44.7 Å². The molecular formula is C28H21F9IN3O2. The smallest absolute Gasteiger partial charge is 0.321 e. The first-order valence-electron chi connectivity index (χ1n) is 12.3. The molecule has 1 aromatic heterocycles. The predicted octanol–water partition coefficient (Wildman–Crippen LogP) is 8.29. The number of rotatable bonds is 9. The fourth-order valence-electron chi connectivity index (χ4n) is 4.12. The Kier molecular flexibility index (Phi) is 10.2. The van der Waals surface area contributed by atoms with Crippen molar-refractivity contribution in [2.45, 2.75) is 37.8 Å². The lowest BCUT2D eigenvalue weighted by molar-refractivity contribution is -0.348. The van der Waals surface area contributed by atoms with E-state index >= 15 is 4.39 Å². The largest absolute Gasteiger partial charge is 0.435 e. The number of amides is 2. The monoisotopic (exact) mass is 729 g/mol. The van der Waals surface area contributed by atoms with Gasteiger partial charge in [-0.15, -0.1) is 6.58 Å². The molecule has 0 saturated carbocycles. The molecule has 1 heterocycles. The maximum absolute atomic E-state index is 15.7. The third-order valence-corrected chi connectivity index (χ3v) is 7.00. The Morgan fingerprint density at radius 2 is 1.67 bits per heavy atom. The molecule has 0 spiro atoms. The first-order valence-corrected chi connectivity index (χ1v) is 13.3. The maximum atomic E-state index is 15.7. The van der Waals surface area contributed by atoms with Gasteiger partial charge >= 0.3 is 18.0 Å². The molecule has 2 amide bonds. The van der Waals surface area contributed by atoms with Gasteiger partial charge in [0, 0.05) is 21.9 Å². The Hall–Kier alpha value is -3.63. The number of alkyl halides is 7. The van der Waals surface area contributed by atoms with Crippen LogP contribution in [0.1, 0.15) is 45.2 Å². The van der Waals surface area contributed by atoms with Crippen LogP contribution in [0.25, 0.3) is 0 Å². The molecule has 3 rings (SSSR count).